The molecule has 2 aliphatic heterocycles. The molecule has 0 aromatic heterocycles. The third-order valence-electron chi connectivity index (χ3n) is 4.33. The van der Waals surface area contributed by atoms with Gasteiger partial charge in [0.1, 0.15) is 13.2 Å². The number of benzene rings is 2. The van der Waals surface area contributed by atoms with E-state index in [0.29, 0.717) is 26.0 Å². The van der Waals surface area contributed by atoms with E-state index in [1.54, 1.807) is 0 Å². The van der Waals surface area contributed by atoms with E-state index in [4.69, 9.17) is 18.9 Å². The lowest BCUT2D eigenvalue weighted by Crippen LogP contribution is -2.27. The molecule has 2 aromatic carbocycles. The summed E-state index contributed by atoms with van der Waals surface area (Å²) in [5.74, 6) is 3.27. The fourth-order valence-electron chi connectivity index (χ4n) is 3.02. The Bertz CT molecular complexity index is 780. The first-order valence-electron chi connectivity index (χ1n) is 8.39. The van der Waals surface area contributed by atoms with Gasteiger partial charge in [-0.2, -0.15) is 0 Å². The minimum atomic E-state index is 0.291. The van der Waals surface area contributed by atoms with Gasteiger partial charge in [-0.05, 0) is 48.7 Å². The number of hydrogen-bond donors (Lipinski definition) is 1. The molecule has 0 fully saturated rings. The quantitative estimate of drug-likeness (QED) is 0.821. The summed E-state index contributed by atoms with van der Waals surface area (Å²) in [4.78, 5) is 0. The fourth-order valence-corrected chi connectivity index (χ4v) is 3.48. The number of fused-ring (bicyclic) bond motifs is 2. The third kappa shape index (κ3) is 3.70. The first-order valence-corrected chi connectivity index (χ1v) is 9.18. The van der Waals surface area contributed by atoms with Crippen LogP contribution >= 0.6 is 15.9 Å². The number of nitrogens with one attached hydrogen (secondary N) is 1. The Kier molecular flexibility index (Phi) is 4.72. The summed E-state index contributed by atoms with van der Waals surface area (Å²) in [6.45, 7) is 4.46. The molecule has 0 amide bonds. The van der Waals surface area contributed by atoms with E-state index in [9.17, 15) is 0 Å². The molecule has 6 heteroatoms. The molecule has 0 bridgehead atoms. The van der Waals surface area contributed by atoms with E-state index < -0.39 is 0 Å². The van der Waals surface area contributed by atoms with E-state index in [1.165, 1.54) is 5.56 Å². The van der Waals surface area contributed by atoms with Crippen LogP contribution in [0, 0.1) is 0 Å². The molecule has 1 atom stereocenters. The van der Waals surface area contributed by atoms with Gasteiger partial charge >= 0.3 is 0 Å². The van der Waals surface area contributed by atoms with Gasteiger partial charge < -0.3 is 24.3 Å². The van der Waals surface area contributed by atoms with Crippen molar-refractivity contribution in [2.45, 2.75) is 25.9 Å². The summed E-state index contributed by atoms with van der Waals surface area (Å²) >= 11 is 3.60. The van der Waals surface area contributed by atoms with Gasteiger partial charge in [0.05, 0.1) is 0 Å². The van der Waals surface area contributed by atoms with Crippen LogP contribution in [-0.2, 0) is 13.0 Å². The molecule has 132 valence electrons. The first kappa shape index (κ1) is 16.5. The molecule has 5 nitrogen and oxygen atoms in total. The summed E-state index contributed by atoms with van der Waals surface area (Å²) in [7, 11) is 0. The predicted molar refractivity (Wildman–Crippen MR) is 97.7 cm³/mol. The summed E-state index contributed by atoms with van der Waals surface area (Å²) in [5, 5.41) is 3.56. The lowest BCUT2D eigenvalue weighted by molar-refractivity contribution is 0.171. The first-order chi connectivity index (χ1) is 12.2. The van der Waals surface area contributed by atoms with Crippen molar-refractivity contribution >= 4 is 15.9 Å². The standard InChI is InChI=1S/C19H20BrNO4/c1-12(6-13-2-3-16-17(7-13)23-5-4-22-16)21-10-14-8-18-19(9-15(14)20)25-11-24-18/h2-3,7-9,12,21H,4-6,10-11H2,1H3. The van der Waals surface area contributed by atoms with Crippen molar-refractivity contribution in [3.05, 3.63) is 45.9 Å². The van der Waals surface area contributed by atoms with Crippen LogP contribution in [0.2, 0.25) is 0 Å². The molecule has 1 N–H and O–H groups in total. The van der Waals surface area contributed by atoms with Gasteiger partial charge in [0.25, 0.3) is 0 Å². The van der Waals surface area contributed by atoms with E-state index in [1.807, 2.05) is 18.2 Å². The molecule has 25 heavy (non-hydrogen) atoms. The average Bonchev–Trinajstić information content (AvgIpc) is 3.06. The second-order valence-electron chi connectivity index (χ2n) is 6.26. The number of ether oxygens (including phenoxy) is 4. The van der Waals surface area contributed by atoms with Gasteiger partial charge in [-0.1, -0.05) is 22.0 Å². The SMILES string of the molecule is CC(Cc1ccc2c(c1)OCCO2)NCc1cc2c(cc1Br)OCO2. The highest BCUT2D eigenvalue weighted by atomic mass is 79.9. The van der Waals surface area contributed by atoms with Crippen molar-refractivity contribution in [2.75, 3.05) is 20.0 Å². The molecular weight excluding hydrogens is 386 g/mol. The van der Waals surface area contributed by atoms with Crippen molar-refractivity contribution in [3.8, 4) is 23.0 Å². The van der Waals surface area contributed by atoms with Crippen molar-refractivity contribution in [1.82, 2.24) is 5.32 Å². The van der Waals surface area contributed by atoms with Gasteiger partial charge in [-0.25, -0.2) is 0 Å². The molecule has 0 radical (unpaired) electrons. The molecule has 0 saturated heterocycles. The van der Waals surface area contributed by atoms with Gasteiger partial charge in [-0.15, -0.1) is 0 Å². The van der Waals surface area contributed by atoms with Crippen LogP contribution < -0.4 is 24.3 Å². The number of rotatable bonds is 5. The van der Waals surface area contributed by atoms with E-state index >= 15 is 0 Å². The zero-order valence-electron chi connectivity index (χ0n) is 14.0. The molecular formula is C19H20BrNO4. The molecule has 1 unspecified atom stereocenters. The van der Waals surface area contributed by atoms with Crippen LogP contribution in [0.4, 0.5) is 0 Å². The minimum Gasteiger partial charge on any atom is -0.486 e. The largest absolute Gasteiger partial charge is 0.486 e. The van der Waals surface area contributed by atoms with E-state index in [2.05, 4.69) is 40.3 Å². The molecule has 2 aliphatic rings. The Morgan fingerprint density at radius 1 is 0.960 bits per heavy atom. The maximum absolute atomic E-state index is 5.66. The second-order valence-corrected chi connectivity index (χ2v) is 7.12. The predicted octanol–water partition coefficient (Wildman–Crippen LogP) is 3.67. The van der Waals surface area contributed by atoms with Gasteiger partial charge in [0.15, 0.2) is 23.0 Å². The highest BCUT2D eigenvalue weighted by Crippen LogP contribution is 2.37. The average molecular weight is 406 g/mol. The zero-order valence-corrected chi connectivity index (χ0v) is 15.6. The van der Waals surface area contributed by atoms with E-state index in [0.717, 1.165) is 46.0 Å². The highest BCUT2D eigenvalue weighted by Gasteiger charge is 2.17. The van der Waals surface area contributed by atoms with Crippen molar-refractivity contribution in [3.63, 3.8) is 0 Å². The van der Waals surface area contributed by atoms with Crippen molar-refractivity contribution < 1.29 is 18.9 Å². The Hall–Kier alpha value is -1.92. The zero-order chi connectivity index (χ0) is 17.2. The lowest BCUT2D eigenvalue weighted by atomic mass is 10.1. The van der Waals surface area contributed by atoms with Crippen LogP contribution in [0.1, 0.15) is 18.1 Å². The fraction of sp³-hybridized carbons (Fsp3) is 0.368. The van der Waals surface area contributed by atoms with Gasteiger partial charge in [0, 0.05) is 17.1 Å². The van der Waals surface area contributed by atoms with Crippen LogP contribution in [0.5, 0.6) is 23.0 Å². The Labute approximate surface area is 155 Å². The summed E-state index contributed by atoms with van der Waals surface area (Å²) in [6.07, 6.45) is 0.915. The van der Waals surface area contributed by atoms with Crippen LogP contribution in [0.3, 0.4) is 0 Å². The third-order valence-corrected chi connectivity index (χ3v) is 5.07. The van der Waals surface area contributed by atoms with Gasteiger partial charge in [0.2, 0.25) is 6.79 Å². The van der Waals surface area contributed by atoms with Crippen molar-refractivity contribution in [2.24, 2.45) is 0 Å². The summed E-state index contributed by atoms with van der Waals surface area (Å²) in [5.41, 5.74) is 2.38. The Morgan fingerprint density at radius 2 is 1.68 bits per heavy atom. The molecule has 0 saturated carbocycles. The van der Waals surface area contributed by atoms with Crippen LogP contribution in [0.25, 0.3) is 0 Å². The lowest BCUT2D eigenvalue weighted by Gasteiger charge is -2.20. The number of halogens is 1. The molecule has 4 rings (SSSR count). The van der Waals surface area contributed by atoms with Crippen LogP contribution in [0.15, 0.2) is 34.8 Å². The minimum absolute atomic E-state index is 0.291. The second kappa shape index (κ2) is 7.14. The molecule has 0 spiro atoms. The number of hydrogen-bond acceptors (Lipinski definition) is 5. The maximum Gasteiger partial charge on any atom is 0.231 e. The Morgan fingerprint density at radius 3 is 2.52 bits per heavy atom. The summed E-state index contributed by atoms with van der Waals surface area (Å²) in [6, 6.07) is 10.5. The summed E-state index contributed by atoms with van der Waals surface area (Å²) < 4.78 is 23.1. The normalized spacial score (nSPS) is 15.9. The Balaban J connectivity index is 1.37. The maximum atomic E-state index is 5.66. The molecule has 2 heterocycles. The monoisotopic (exact) mass is 405 g/mol. The topological polar surface area (TPSA) is 49.0 Å². The van der Waals surface area contributed by atoms with Crippen molar-refractivity contribution in [1.29, 1.82) is 0 Å². The van der Waals surface area contributed by atoms with Gasteiger partial charge in [-0.3, -0.25) is 0 Å². The highest BCUT2D eigenvalue weighted by molar-refractivity contribution is 9.10. The smallest absolute Gasteiger partial charge is 0.231 e. The molecule has 0 aliphatic carbocycles. The van der Waals surface area contributed by atoms with E-state index in [-0.39, 0.29) is 0 Å². The van der Waals surface area contributed by atoms with Crippen LogP contribution in [-0.4, -0.2) is 26.0 Å². The molecule has 2 aromatic rings.